The first-order chi connectivity index (χ1) is 7.77. The zero-order valence-corrected chi connectivity index (χ0v) is 9.91. The second-order valence-corrected chi connectivity index (χ2v) is 4.09. The third-order valence-electron chi connectivity index (χ3n) is 2.89. The first-order valence-electron chi connectivity index (χ1n) is 5.20. The topological polar surface area (TPSA) is 29.5 Å². The fourth-order valence-corrected chi connectivity index (χ4v) is 2.29. The molecule has 1 atom stereocenters. The Labute approximate surface area is 100.0 Å². The van der Waals surface area contributed by atoms with Gasteiger partial charge in [0, 0.05) is 13.7 Å². The molecule has 0 bridgehead atoms. The van der Waals surface area contributed by atoms with Crippen LogP contribution >= 0.6 is 11.6 Å². The molecule has 2 rings (SSSR count). The summed E-state index contributed by atoms with van der Waals surface area (Å²) in [6, 6.07) is 8.06. The minimum absolute atomic E-state index is 0.00690. The Kier molecular flexibility index (Phi) is 3.46. The van der Waals surface area contributed by atoms with Crippen LogP contribution in [0.1, 0.15) is 17.2 Å². The van der Waals surface area contributed by atoms with Gasteiger partial charge in [-0.25, -0.2) is 0 Å². The van der Waals surface area contributed by atoms with E-state index >= 15 is 0 Å². The number of benzene rings is 1. The molecule has 86 valence electrons. The van der Waals surface area contributed by atoms with Crippen LogP contribution in [0.5, 0.6) is 0 Å². The first-order valence-corrected chi connectivity index (χ1v) is 5.73. The van der Waals surface area contributed by atoms with Crippen molar-refractivity contribution in [3.05, 3.63) is 35.4 Å². The van der Waals surface area contributed by atoms with E-state index in [9.17, 15) is 4.79 Å². The van der Waals surface area contributed by atoms with Gasteiger partial charge in [-0.2, -0.15) is 0 Å². The van der Waals surface area contributed by atoms with Gasteiger partial charge in [-0.15, -0.1) is 11.6 Å². The number of fused-ring (bicyclic) bond motifs is 1. The SMILES string of the molecule is COCC1c2ccccc2CN1C(=O)CCl. The van der Waals surface area contributed by atoms with E-state index in [1.165, 1.54) is 11.1 Å². The number of alkyl halides is 1. The predicted octanol–water partition coefficient (Wildman–Crippen LogP) is 1.96. The lowest BCUT2D eigenvalue weighted by atomic mass is 10.1. The number of carbonyl (C=O) groups is 1. The molecular formula is C12H14ClNO2. The molecule has 0 N–H and O–H groups in total. The molecule has 1 heterocycles. The zero-order valence-electron chi connectivity index (χ0n) is 9.15. The van der Waals surface area contributed by atoms with Gasteiger partial charge in [-0.05, 0) is 11.1 Å². The van der Waals surface area contributed by atoms with Gasteiger partial charge in [0.05, 0.1) is 12.6 Å². The van der Waals surface area contributed by atoms with Gasteiger partial charge >= 0.3 is 0 Å². The van der Waals surface area contributed by atoms with Crippen LogP contribution in [0.2, 0.25) is 0 Å². The maximum absolute atomic E-state index is 11.7. The minimum Gasteiger partial charge on any atom is -0.382 e. The summed E-state index contributed by atoms with van der Waals surface area (Å²) in [5, 5.41) is 0. The van der Waals surface area contributed by atoms with E-state index in [1.807, 2.05) is 24.3 Å². The smallest absolute Gasteiger partial charge is 0.238 e. The fraction of sp³-hybridized carbons (Fsp3) is 0.417. The average Bonchev–Trinajstić information content (AvgIpc) is 2.68. The summed E-state index contributed by atoms with van der Waals surface area (Å²) in [6.07, 6.45) is 0. The average molecular weight is 240 g/mol. The van der Waals surface area contributed by atoms with Gasteiger partial charge in [-0.3, -0.25) is 4.79 Å². The summed E-state index contributed by atoms with van der Waals surface area (Å²) in [7, 11) is 1.64. The van der Waals surface area contributed by atoms with Gasteiger partial charge in [-0.1, -0.05) is 24.3 Å². The van der Waals surface area contributed by atoms with Crippen molar-refractivity contribution in [3.63, 3.8) is 0 Å². The molecule has 1 unspecified atom stereocenters. The van der Waals surface area contributed by atoms with Gasteiger partial charge in [0.2, 0.25) is 5.91 Å². The maximum Gasteiger partial charge on any atom is 0.238 e. The van der Waals surface area contributed by atoms with Crippen LogP contribution in [0.3, 0.4) is 0 Å². The molecule has 0 spiro atoms. The number of hydrogen-bond acceptors (Lipinski definition) is 2. The highest BCUT2D eigenvalue weighted by atomic mass is 35.5. The molecule has 4 heteroatoms. The summed E-state index contributed by atoms with van der Waals surface area (Å²) in [5.74, 6) is -0.0197. The Balaban J connectivity index is 2.29. The Hall–Kier alpha value is -1.06. The van der Waals surface area contributed by atoms with Gasteiger partial charge in [0.1, 0.15) is 5.88 Å². The molecule has 0 radical (unpaired) electrons. The second kappa shape index (κ2) is 4.85. The Morgan fingerprint density at radius 2 is 2.31 bits per heavy atom. The number of amides is 1. The van der Waals surface area contributed by atoms with E-state index in [1.54, 1.807) is 12.0 Å². The number of hydrogen-bond donors (Lipinski definition) is 0. The van der Waals surface area contributed by atoms with Crippen LogP contribution in [0.25, 0.3) is 0 Å². The number of carbonyl (C=O) groups excluding carboxylic acids is 1. The van der Waals surface area contributed by atoms with Crippen LogP contribution in [-0.2, 0) is 16.1 Å². The highest BCUT2D eigenvalue weighted by molar-refractivity contribution is 6.27. The van der Waals surface area contributed by atoms with Crippen LogP contribution < -0.4 is 0 Å². The van der Waals surface area contributed by atoms with Gasteiger partial charge in [0.15, 0.2) is 0 Å². The Morgan fingerprint density at radius 3 is 3.00 bits per heavy atom. The third kappa shape index (κ3) is 1.93. The van der Waals surface area contributed by atoms with Crippen molar-refractivity contribution in [3.8, 4) is 0 Å². The highest BCUT2D eigenvalue weighted by Crippen LogP contribution is 2.33. The van der Waals surface area contributed by atoms with Crippen LogP contribution in [0, 0.1) is 0 Å². The molecule has 16 heavy (non-hydrogen) atoms. The number of rotatable bonds is 3. The summed E-state index contributed by atoms with van der Waals surface area (Å²) >= 11 is 5.61. The van der Waals surface area contributed by atoms with Crippen molar-refractivity contribution in [2.75, 3.05) is 19.6 Å². The predicted molar refractivity (Wildman–Crippen MR) is 62.3 cm³/mol. The Morgan fingerprint density at radius 1 is 1.56 bits per heavy atom. The summed E-state index contributed by atoms with van der Waals surface area (Å²) in [6.45, 7) is 1.15. The molecule has 3 nitrogen and oxygen atoms in total. The Bertz CT molecular complexity index is 394. The number of halogens is 1. The van der Waals surface area contributed by atoms with Gasteiger partial charge in [0.25, 0.3) is 0 Å². The normalized spacial score (nSPS) is 18.6. The van der Waals surface area contributed by atoms with E-state index in [0.29, 0.717) is 13.2 Å². The second-order valence-electron chi connectivity index (χ2n) is 3.83. The fourth-order valence-electron chi connectivity index (χ4n) is 2.14. The summed E-state index contributed by atoms with van der Waals surface area (Å²) < 4.78 is 5.17. The molecule has 1 aliphatic rings. The molecule has 1 aromatic carbocycles. The number of ether oxygens (including phenoxy) is 1. The summed E-state index contributed by atoms with van der Waals surface area (Å²) in [5.41, 5.74) is 2.35. The van der Waals surface area contributed by atoms with Crippen molar-refractivity contribution in [2.24, 2.45) is 0 Å². The lowest BCUT2D eigenvalue weighted by Gasteiger charge is -2.23. The van der Waals surface area contributed by atoms with Crippen molar-refractivity contribution in [1.29, 1.82) is 0 Å². The van der Waals surface area contributed by atoms with Crippen LogP contribution in [0.4, 0.5) is 0 Å². The molecule has 1 aliphatic heterocycles. The van der Waals surface area contributed by atoms with Crippen molar-refractivity contribution in [1.82, 2.24) is 4.90 Å². The first kappa shape index (κ1) is 11.4. The maximum atomic E-state index is 11.7. The molecule has 0 saturated heterocycles. The lowest BCUT2D eigenvalue weighted by molar-refractivity contribution is -0.131. The van der Waals surface area contributed by atoms with Gasteiger partial charge < -0.3 is 9.64 Å². The molecule has 0 aliphatic carbocycles. The van der Waals surface area contributed by atoms with Crippen molar-refractivity contribution in [2.45, 2.75) is 12.6 Å². The zero-order chi connectivity index (χ0) is 11.5. The molecule has 0 saturated carbocycles. The largest absolute Gasteiger partial charge is 0.382 e. The third-order valence-corrected chi connectivity index (χ3v) is 3.12. The quantitative estimate of drug-likeness (QED) is 0.755. The highest BCUT2D eigenvalue weighted by Gasteiger charge is 2.32. The minimum atomic E-state index is -0.0417. The molecule has 1 amide bonds. The van der Waals surface area contributed by atoms with Crippen molar-refractivity contribution >= 4 is 17.5 Å². The van der Waals surface area contributed by atoms with E-state index < -0.39 is 0 Å². The lowest BCUT2D eigenvalue weighted by Crippen LogP contribution is -2.32. The molecule has 0 fully saturated rings. The van der Waals surface area contributed by atoms with Crippen LogP contribution in [0.15, 0.2) is 24.3 Å². The molecule has 0 aromatic heterocycles. The monoisotopic (exact) mass is 239 g/mol. The summed E-state index contributed by atoms with van der Waals surface area (Å²) in [4.78, 5) is 13.5. The van der Waals surface area contributed by atoms with Crippen molar-refractivity contribution < 1.29 is 9.53 Å². The van der Waals surface area contributed by atoms with Crippen LogP contribution in [-0.4, -0.2) is 30.4 Å². The van der Waals surface area contributed by atoms with E-state index in [0.717, 1.165) is 0 Å². The number of methoxy groups -OCH3 is 1. The standard InChI is InChI=1S/C12H14ClNO2/c1-16-8-11-10-5-3-2-4-9(10)7-14(11)12(15)6-13/h2-5,11H,6-8H2,1H3. The van der Waals surface area contributed by atoms with E-state index in [4.69, 9.17) is 16.3 Å². The molecular weight excluding hydrogens is 226 g/mol. The number of nitrogens with zero attached hydrogens (tertiary/aromatic N) is 1. The van der Waals surface area contributed by atoms with E-state index in [2.05, 4.69) is 0 Å². The van der Waals surface area contributed by atoms with E-state index in [-0.39, 0.29) is 17.8 Å². The molecule has 1 aromatic rings.